The average Bonchev–Trinajstić information content (AvgIpc) is 3.21. The first-order chi connectivity index (χ1) is 16.9. The Kier molecular flexibility index (Phi) is 7.78. The standard InChI is InChI=1S/C30H31NO4/c1-21-4-2-6-25(18-21)26-7-3-5-23(19-26)20-28(32)14-12-27-13-15-29(33)31(27)17-16-22-8-10-24(11-9-22)30(34)35/h2-12,14,18-19,27-28,32H,13,15-17,20H2,1H3,(H,34,35)/b14-12+/t27-,28+/m0/s1. The van der Waals surface area contributed by atoms with Gasteiger partial charge >= 0.3 is 5.97 Å². The van der Waals surface area contributed by atoms with E-state index in [1.807, 2.05) is 23.1 Å². The number of hydrogen-bond acceptors (Lipinski definition) is 3. The number of carbonyl (C=O) groups is 2. The van der Waals surface area contributed by atoms with E-state index in [4.69, 9.17) is 5.11 Å². The first kappa shape index (κ1) is 24.4. The molecule has 0 radical (unpaired) electrons. The molecular formula is C30H31NO4. The number of aromatic carboxylic acids is 1. The topological polar surface area (TPSA) is 77.8 Å². The van der Waals surface area contributed by atoms with Gasteiger partial charge in [0.25, 0.3) is 0 Å². The van der Waals surface area contributed by atoms with E-state index in [0.717, 1.165) is 28.7 Å². The van der Waals surface area contributed by atoms with E-state index in [1.165, 1.54) is 5.56 Å². The van der Waals surface area contributed by atoms with Crippen LogP contribution in [-0.2, 0) is 17.6 Å². The van der Waals surface area contributed by atoms with E-state index in [1.54, 1.807) is 30.3 Å². The molecule has 35 heavy (non-hydrogen) atoms. The van der Waals surface area contributed by atoms with Crippen LogP contribution in [0.5, 0.6) is 0 Å². The van der Waals surface area contributed by atoms with Crippen molar-refractivity contribution in [2.45, 2.75) is 44.8 Å². The molecule has 0 saturated carbocycles. The summed E-state index contributed by atoms with van der Waals surface area (Å²) in [4.78, 5) is 25.3. The van der Waals surface area contributed by atoms with Crippen molar-refractivity contribution in [3.8, 4) is 11.1 Å². The van der Waals surface area contributed by atoms with Gasteiger partial charge in [0.05, 0.1) is 17.7 Å². The highest BCUT2D eigenvalue weighted by Gasteiger charge is 2.28. The number of rotatable bonds is 9. The number of aliphatic hydroxyl groups is 1. The molecule has 3 aromatic rings. The van der Waals surface area contributed by atoms with Gasteiger partial charge in [-0.1, -0.05) is 78.4 Å². The summed E-state index contributed by atoms with van der Waals surface area (Å²) in [5, 5.41) is 19.7. The lowest BCUT2D eigenvalue weighted by Crippen LogP contribution is -2.33. The summed E-state index contributed by atoms with van der Waals surface area (Å²) in [7, 11) is 0. The predicted octanol–water partition coefficient (Wildman–Crippen LogP) is 5.05. The van der Waals surface area contributed by atoms with Gasteiger partial charge in [-0.2, -0.15) is 0 Å². The minimum absolute atomic E-state index is 0.0333. The summed E-state index contributed by atoms with van der Waals surface area (Å²) in [6.07, 6.45) is 5.52. The summed E-state index contributed by atoms with van der Waals surface area (Å²) < 4.78 is 0. The fourth-order valence-corrected chi connectivity index (χ4v) is 4.58. The Balaban J connectivity index is 1.35. The van der Waals surface area contributed by atoms with Gasteiger partial charge in [-0.05, 0) is 54.2 Å². The minimum atomic E-state index is -0.947. The lowest BCUT2D eigenvalue weighted by atomic mass is 9.99. The van der Waals surface area contributed by atoms with Crippen molar-refractivity contribution >= 4 is 11.9 Å². The third-order valence-corrected chi connectivity index (χ3v) is 6.50. The minimum Gasteiger partial charge on any atom is -0.478 e. The maximum atomic E-state index is 12.4. The van der Waals surface area contributed by atoms with Gasteiger partial charge < -0.3 is 15.1 Å². The molecule has 0 unspecified atom stereocenters. The summed E-state index contributed by atoms with van der Waals surface area (Å²) in [6.45, 7) is 2.64. The second kappa shape index (κ2) is 11.2. The first-order valence-corrected chi connectivity index (χ1v) is 12.0. The van der Waals surface area contributed by atoms with E-state index in [-0.39, 0.29) is 17.5 Å². The van der Waals surface area contributed by atoms with Crippen molar-refractivity contribution < 1.29 is 19.8 Å². The molecule has 2 N–H and O–H groups in total. The monoisotopic (exact) mass is 469 g/mol. The van der Waals surface area contributed by atoms with Crippen LogP contribution in [0.3, 0.4) is 0 Å². The zero-order valence-electron chi connectivity index (χ0n) is 19.9. The van der Waals surface area contributed by atoms with Crippen molar-refractivity contribution in [3.05, 3.63) is 107 Å². The molecule has 0 spiro atoms. The molecule has 1 amide bonds. The Morgan fingerprint density at radius 1 is 1.03 bits per heavy atom. The van der Waals surface area contributed by atoms with Crippen LogP contribution in [0, 0.1) is 6.92 Å². The van der Waals surface area contributed by atoms with Gasteiger partial charge in [0.2, 0.25) is 5.91 Å². The van der Waals surface area contributed by atoms with Gasteiger partial charge in [0.15, 0.2) is 0 Å². The number of carboxylic acid groups (broad SMARTS) is 1. The number of nitrogens with zero attached hydrogens (tertiary/aromatic N) is 1. The fraction of sp³-hybridized carbons (Fsp3) is 0.267. The number of benzene rings is 3. The highest BCUT2D eigenvalue weighted by atomic mass is 16.4. The lowest BCUT2D eigenvalue weighted by molar-refractivity contribution is -0.128. The SMILES string of the molecule is Cc1cccc(-c2cccc(C[C@H](O)/C=C/[C@H]3CCC(=O)N3CCc3ccc(C(=O)O)cc3)c2)c1. The van der Waals surface area contributed by atoms with Crippen molar-refractivity contribution in [1.82, 2.24) is 4.90 Å². The van der Waals surface area contributed by atoms with Crippen molar-refractivity contribution in [3.63, 3.8) is 0 Å². The Labute approximate surface area is 206 Å². The van der Waals surface area contributed by atoms with Crippen LogP contribution in [0.25, 0.3) is 11.1 Å². The van der Waals surface area contributed by atoms with Gasteiger partial charge in [-0.25, -0.2) is 4.79 Å². The van der Waals surface area contributed by atoms with Gasteiger partial charge in [-0.15, -0.1) is 0 Å². The third-order valence-electron chi connectivity index (χ3n) is 6.50. The van der Waals surface area contributed by atoms with Crippen molar-refractivity contribution in [2.24, 2.45) is 0 Å². The van der Waals surface area contributed by atoms with Crippen LogP contribution in [0.4, 0.5) is 0 Å². The second-order valence-electron chi connectivity index (χ2n) is 9.17. The molecule has 3 aromatic carbocycles. The quantitative estimate of drug-likeness (QED) is 0.430. The molecular weight excluding hydrogens is 438 g/mol. The normalized spacial score (nSPS) is 16.7. The number of likely N-dealkylation sites (tertiary alicyclic amines) is 1. The highest BCUT2D eigenvalue weighted by Crippen LogP contribution is 2.23. The number of aliphatic hydroxyl groups excluding tert-OH is 1. The van der Waals surface area contributed by atoms with E-state index < -0.39 is 12.1 Å². The number of aryl methyl sites for hydroxylation is 1. The van der Waals surface area contributed by atoms with Crippen LogP contribution in [0.2, 0.25) is 0 Å². The summed E-state index contributed by atoms with van der Waals surface area (Å²) in [5.74, 6) is -0.834. The molecule has 1 aliphatic heterocycles. The van der Waals surface area contributed by atoms with Crippen molar-refractivity contribution in [1.29, 1.82) is 0 Å². The molecule has 5 heteroatoms. The zero-order valence-corrected chi connectivity index (χ0v) is 19.9. The van der Waals surface area contributed by atoms with Gasteiger partial charge in [-0.3, -0.25) is 4.79 Å². The highest BCUT2D eigenvalue weighted by molar-refractivity contribution is 5.87. The molecule has 2 atom stereocenters. The molecule has 1 saturated heterocycles. The summed E-state index contributed by atoms with van der Waals surface area (Å²) in [6, 6.07) is 23.3. The van der Waals surface area contributed by atoms with Crippen molar-refractivity contribution in [2.75, 3.05) is 6.54 Å². The molecule has 1 fully saturated rings. The van der Waals surface area contributed by atoms with Crippen LogP contribution in [0.15, 0.2) is 84.9 Å². The lowest BCUT2D eigenvalue weighted by Gasteiger charge is -2.23. The maximum absolute atomic E-state index is 12.4. The Morgan fingerprint density at radius 2 is 1.74 bits per heavy atom. The molecule has 0 bridgehead atoms. The van der Waals surface area contributed by atoms with Gasteiger partial charge in [0, 0.05) is 19.4 Å². The first-order valence-electron chi connectivity index (χ1n) is 12.0. The molecule has 0 aromatic heterocycles. The van der Waals surface area contributed by atoms with E-state index in [2.05, 4.69) is 43.3 Å². The van der Waals surface area contributed by atoms with E-state index in [9.17, 15) is 14.7 Å². The number of carbonyl (C=O) groups excluding carboxylic acids is 1. The predicted molar refractivity (Wildman–Crippen MR) is 137 cm³/mol. The van der Waals surface area contributed by atoms with Crippen LogP contribution in [0.1, 0.15) is 39.9 Å². The molecule has 4 rings (SSSR count). The maximum Gasteiger partial charge on any atom is 0.335 e. The van der Waals surface area contributed by atoms with Crippen LogP contribution < -0.4 is 0 Å². The number of amides is 1. The summed E-state index contributed by atoms with van der Waals surface area (Å²) in [5.41, 5.74) is 5.81. The number of hydrogen-bond donors (Lipinski definition) is 2. The second-order valence-corrected chi connectivity index (χ2v) is 9.17. The zero-order chi connectivity index (χ0) is 24.8. The number of carboxylic acids is 1. The molecule has 1 heterocycles. The Morgan fingerprint density at radius 3 is 2.46 bits per heavy atom. The molecule has 0 aliphatic carbocycles. The Bertz CT molecular complexity index is 1220. The molecule has 5 nitrogen and oxygen atoms in total. The average molecular weight is 470 g/mol. The van der Waals surface area contributed by atoms with E-state index in [0.29, 0.717) is 25.8 Å². The van der Waals surface area contributed by atoms with Crippen LogP contribution in [-0.4, -0.2) is 45.7 Å². The largest absolute Gasteiger partial charge is 0.478 e. The van der Waals surface area contributed by atoms with Crippen LogP contribution >= 0.6 is 0 Å². The fourth-order valence-electron chi connectivity index (χ4n) is 4.58. The summed E-state index contributed by atoms with van der Waals surface area (Å²) >= 11 is 0. The smallest absolute Gasteiger partial charge is 0.335 e. The molecule has 180 valence electrons. The molecule has 1 aliphatic rings. The van der Waals surface area contributed by atoms with Gasteiger partial charge in [0.1, 0.15) is 0 Å². The Hall–Kier alpha value is -3.70. The third kappa shape index (κ3) is 6.46. The van der Waals surface area contributed by atoms with E-state index >= 15 is 0 Å².